The maximum absolute atomic E-state index is 12.0. The van der Waals surface area contributed by atoms with Gasteiger partial charge in [-0.25, -0.2) is 4.79 Å². The predicted octanol–water partition coefficient (Wildman–Crippen LogP) is 2.25. The maximum atomic E-state index is 12.0. The summed E-state index contributed by atoms with van der Waals surface area (Å²) in [4.78, 5) is 24.4. The Bertz CT molecular complexity index is 474. The van der Waals surface area contributed by atoms with Gasteiger partial charge in [0.15, 0.2) is 0 Å². The lowest BCUT2D eigenvalue weighted by Crippen LogP contribution is -2.42. The maximum Gasteiger partial charge on any atom is 0.317 e. The molecule has 0 bridgehead atoms. The van der Waals surface area contributed by atoms with Crippen molar-refractivity contribution >= 4 is 12.0 Å². The van der Waals surface area contributed by atoms with Crippen LogP contribution in [0.1, 0.15) is 25.0 Å². The van der Waals surface area contributed by atoms with Crippen LogP contribution in [0.3, 0.4) is 0 Å². The van der Waals surface area contributed by atoms with E-state index in [4.69, 9.17) is 5.11 Å². The molecule has 1 rings (SSSR count). The van der Waals surface area contributed by atoms with Gasteiger partial charge in [0, 0.05) is 19.6 Å². The van der Waals surface area contributed by atoms with Gasteiger partial charge in [0.05, 0.1) is 5.92 Å². The van der Waals surface area contributed by atoms with Crippen LogP contribution in [0.5, 0.6) is 0 Å². The zero-order valence-corrected chi connectivity index (χ0v) is 12.2. The molecule has 2 N–H and O–H groups in total. The Hall–Kier alpha value is -2.04. The second-order valence-corrected chi connectivity index (χ2v) is 4.93. The molecule has 0 radical (unpaired) electrons. The van der Waals surface area contributed by atoms with Crippen LogP contribution in [0.2, 0.25) is 0 Å². The number of carbonyl (C=O) groups excluding carboxylic acids is 1. The van der Waals surface area contributed by atoms with Gasteiger partial charge in [-0.1, -0.05) is 36.8 Å². The molecule has 0 spiro atoms. The van der Waals surface area contributed by atoms with Crippen molar-refractivity contribution < 1.29 is 14.7 Å². The smallest absolute Gasteiger partial charge is 0.317 e. The summed E-state index contributed by atoms with van der Waals surface area (Å²) in [6.45, 7) is 6.57. The number of carboxylic acids is 1. The predicted molar refractivity (Wildman–Crippen MR) is 77.5 cm³/mol. The van der Waals surface area contributed by atoms with Crippen molar-refractivity contribution in [1.29, 1.82) is 0 Å². The third-order valence-corrected chi connectivity index (χ3v) is 3.11. The number of nitrogens with one attached hydrogen (secondary N) is 1. The quantitative estimate of drug-likeness (QED) is 0.838. The molecule has 1 aromatic rings. The molecule has 5 nitrogen and oxygen atoms in total. The van der Waals surface area contributed by atoms with E-state index in [1.807, 2.05) is 38.1 Å². The molecule has 0 heterocycles. The number of rotatable bonds is 6. The zero-order valence-electron chi connectivity index (χ0n) is 12.2. The van der Waals surface area contributed by atoms with Crippen molar-refractivity contribution in [2.45, 2.75) is 27.3 Å². The van der Waals surface area contributed by atoms with Crippen LogP contribution in [0.4, 0.5) is 4.79 Å². The van der Waals surface area contributed by atoms with E-state index in [1.165, 1.54) is 4.90 Å². The Morgan fingerprint density at radius 1 is 1.40 bits per heavy atom. The van der Waals surface area contributed by atoms with Crippen LogP contribution in [-0.2, 0) is 11.3 Å². The minimum atomic E-state index is -0.894. The van der Waals surface area contributed by atoms with Crippen molar-refractivity contribution in [3.63, 3.8) is 0 Å². The summed E-state index contributed by atoms with van der Waals surface area (Å²) in [6, 6.07) is 7.67. The number of carbonyl (C=O) groups is 2. The summed E-state index contributed by atoms with van der Waals surface area (Å²) < 4.78 is 0. The van der Waals surface area contributed by atoms with E-state index in [-0.39, 0.29) is 12.6 Å². The Balaban J connectivity index is 2.53. The first-order valence-electron chi connectivity index (χ1n) is 6.75. The molecule has 0 saturated carbocycles. The normalized spacial score (nSPS) is 11.8. The van der Waals surface area contributed by atoms with Crippen LogP contribution in [0.25, 0.3) is 0 Å². The number of urea groups is 1. The van der Waals surface area contributed by atoms with E-state index in [1.54, 1.807) is 6.92 Å². The van der Waals surface area contributed by atoms with E-state index >= 15 is 0 Å². The highest BCUT2D eigenvalue weighted by molar-refractivity contribution is 5.75. The van der Waals surface area contributed by atoms with E-state index < -0.39 is 11.9 Å². The number of carboxylic acid groups (broad SMARTS) is 1. The van der Waals surface area contributed by atoms with Crippen LogP contribution >= 0.6 is 0 Å². The summed E-state index contributed by atoms with van der Waals surface area (Å²) >= 11 is 0. The third-order valence-electron chi connectivity index (χ3n) is 3.11. The van der Waals surface area contributed by atoms with Gasteiger partial charge in [-0.05, 0) is 19.4 Å². The van der Waals surface area contributed by atoms with Gasteiger partial charge in [0.1, 0.15) is 0 Å². The monoisotopic (exact) mass is 278 g/mol. The van der Waals surface area contributed by atoms with E-state index in [0.717, 1.165) is 11.1 Å². The van der Waals surface area contributed by atoms with Gasteiger partial charge in [-0.3, -0.25) is 4.79 Å². The molecule has 0 fully saturated rings. The molecule has 20 heavy (non-hydrogen) atoms. The average Bonchev–Trinajstić information content (AvgIpc) is 2.41. The van der Waals surface area contributed by atoms with Gasteiger partial charge >= 0.3 is 12.0 Å². The second-order valence-electron chi connectivity index (χ2n) is 4.93. The molecular formula is C15H22N2O3. The number of aliphatic carboxylic acids is 1. The molecule has 0 aliphatic rings. The summed E-state index contributed by atoms with van der Waals surface area (Å²) in [5, 5.41) is 11.7. The zero-order chi connectivity index (χ0) is 15.1. The average molecular weight is 278 g/mol. The molecule has 2 amide bonds. The summed E-state index contributed by atoms with van der Waals surface area (Å²) in [7, 11) is 0. The summed E-state index contributed by atoms with van der Waals surface area (Å²) in [5.41, 5.74) is 2.17. The Kier molecular flexibility index (Phi) is 6.03. The Morgan fingerprint density at radius 2 is 2.10 bits per heavy atom. The van der Waals surface area contributed by atoms with E-state index in [9.17, 15) is 9.59 Å². The van der Waals surface area contributed by atoms with Gasteiger partial charge in [-0.2, -0.15) is 0 Å². The lowest BCUT2D eigenvalue weighted by atomic mass is 10.1. The molecule has 0 aliphatic heterocycles. The summed E-state index contributed by atoms with van der Waals surface area (Å²) in [6.07, 6.45) is 0. The van der Waals surface area contributed by atoms with Crippen LogP contribution in [0, 0.1) is 12.8 Å². The van der Waals surface area contributed by atoms with Gasteiger partial charge < -0.3 is 15.3 Å². The van der Waals surface area contributed by atoms with Crippen molar-refractivity contribution in [2.75, 3.05) is 13.1 Å². The summed E-state index contributed by atoms with van der Waals surface area (Å²) in [5.74, 6) is -1.46. The van der Waals surface area contributed by atoms with Gasteiger partial charge in [-0.15, -0.1) is 0 Å². The van der Waals surface area contributed by atoms with Crippen molar-refractivity contribution in [2.24, 2.45) is 5.92 Å². The Labute approximate surface area is 119 Å². The van der Waals surface area contributed by atoms with Crippen LogP contribution < -0.4 is 5.32 Å². The first-order valence-corrected chi connectivity index (χ1v) is 6.75. The molecule has 0 saturated heterocycles. The molecular weight excluding hydrogens is 256 g/mol. The number of nitrogens with zero attached hydrogens (tertiary/aromatic N) is 1. The third kappa shape index (κ3) is 4.91. The molecule has 110 valence electrons. The number of aryl methyl sites for hydroxylation is 1. The van der Waals surface area contributed by atoms with Crippen molar-refractivity contribution in [3.05, 3.63) is 35.4 Å². The molecule has 0 aliphatic carbocycles. The first-order chi connectivity index (χ1) is 9.43. The van der Waals surface area contributed by atoms with E-state index in [2.05, 4.69) is 5.32 Å². The second kappa shape index (κ2) is 7.53. The van der Waals surface area contributed by atoms with Crippen molar-refractivity contribution in [3.8, 4) is 0 Å². The van der Waals surface area contributed by atoms with Crippen LogP contribution in [-0.4, -0.2) is 35.1 Å². The molecule has 1 aromatic carbocycles. The molecule has 1 unspecified atom stereocenters. The highest BCUT2D eigenvalue weighted by Crippen LogP contribution is 2.05. The van der Waals surface area contributed by atoms with Gasteiger partial charge in [0.25, 0.3) is 0 Å². The lowest BCUT2D eigenvalue weighted by molar-refractivity contribution is -0.141. The van der Waals surface area contributed by atoms with E-state index in [0.29, 0.717) is 13.1 Å². The Morgan fingerprint density at radius 3 is 2.65 bits per heavy atom. The molecule has 5 heteroatoms. The number of amides is 2. The fourth-order valence-electron chi connectivity index (χ4n) is 1.88. The fraction of sp³-hybridized carbons (Fsp3) is 0.467. The fourth-order valence-corrected chi connectivity index (χ4v) is 1.88. The number of hydrogen-bond donors (Lipinski definition) is 2. The van der Waals surface area contributed by atoms with Gasteiger partial charge in [0.2, 0.25) is 0 Å². The molecule has 0 aromatic heterocycles. The molecule has 1 atom stereocenters. The highest BCUT2D eigenvalue weighted by Gasteiger charge is 2.18. The first kappa shape index (κ1) is 16.0. The highest BCUT2D eigenvalue weighted by atomic mass is 16.4. The topological polar surface area (TPSA) is 69.6 Å². The largest absolute Gasteiger partial charge is 0.481 e. The van der Waals surface area contributed by atoms with Crippen LogP contribution in [0.15, 0.2) is 24.3 Å². The minimum Gasteiger partial charge on any atom is -0.481 e. The standard InChI is InChI=1S/C15H22N2O3/c1-4-17(10-12(3)14(18)19)15(20)16-9-13-7-5-6-11(2)8-13/h5-8,12H,4,9-10H2,1-3H3,(H,16,20)(H,18,19). The minimum absolute atomic E-state index is 0.214. The number of benzene rings is 1. The lowest BCUT2D eigenvalue weighted by Gasteiger charge is -2.23. The SMILES string of the molecule is CCN(CC(C)C(=O)O)C(=O)NCc1cccc(C)c1. The van der Waals surface area contributed by atoms with Crippen molar-refractivity contribution in [1.82, 2.24) is 10.2 Å². The number of hydrogen-bond acceptors (Lipinski definition) is 2.